The predicted octanol–water partition coefficient (Wildman–Crippen LogP) is 12.8. The lowest BCUT2D eigenvalue weighted by Gasteiger charge is -2.24. The van der Waals surface area contributed by atoms with Crippen LogP contribution in [0.3, 0.4) is 0 Å². The number of fused-ring (bicyclic) bond motifs is 6. The molecule has 0 aliphatic carbocycles. The molecule has 0 radical (unpaired) electrons. The van der Waals surface area contributed by atoms with Crippen molar-refractivity contribution in [1.29, 1.82) is 0 Å². The molecule has 0 unspecified atom stereocenters. The second-order valence-electron chi connectivity index (χ2n) is 12.5. The number of aromatic nitrogens is 2. The molecule has 0 saturated carbocycles. The Hall–Kier alpha value is -6.01. The fraction of sp³-hybridized carbons (Fsp3) is 0.0976. The molecule has 8 rings (SSSR count). The largest absolute Gasteiger partial charge is 0.417 e. The van der Waals surface area contributed by atoms with Gasteiger partial charge in [-0.15, -0.1) is 0 Å². The van der Waals surface area contributed by atoms with Gasteiger partial charge < -0.3 is 9.13 Å². The van der Waals surface area contributed by atoms with Gasteiger partial charge in [-0.1, -0.05) is 66.7 Å². The monoisotopic (exact) mass is 673 g/mol. The number of aryl methyl sites for hydroxylation is 2. The third-order valence-corrected chi connectivity index (χ3v) is 9.27. The van der Waals surface area contributed by atoms with Gasteiger partial charge in [0.05, 0.1) is 39.8 Å². The van der Waals surface area contributed by atoms with Gasteiger partial charge in [0.25, 0.3) is 0 Å². The Labute approximate surface area is 282 Å². The van der Waals surface area contributed by atoms with Crippen molar-refractivity contribution < 1.29 is 26.3 Å². The number of alkyl halides is 6. The highest BCUT2D eigenvalue weighted by atomic mass is 19.4. The molecule has 0 aliphatic rings. The number of hydrogen-bond acceptors (Lipinski definition) is 0. The topological polar surface area (TPSA) is 14.2 Å². The predicted molar refractivity (Wildman–Crippen MR) is 186 cm³/mol. The van der Waals surface area contributed by atoms with E-state index in [1.54, 1.807) is 0 Å². The average molecular weight is 674 g/mol. The van der Waals surface area contributed by atoms with Crippen LogP contribution in [0.1, 0.15) is 22.3 Å². The van der Waals surface area contributed by atoms with E-state index < -0.39 is 29.0 Å². The van der Waals surface area contributed by atoms with E-state index in [0.717, 1.165) is 38.7 Å². The van der Waals surface area contributed by atoms with E-state index in [0.29, 0.717) is 28.1 Å². The maximum Gasteiger partial charge on any atom is 0.417 e. The molecule has 246 valence electrons. The van der Waals surface area contributed by atoms with Crippen LogP contribution in [0.4, 0.5) is 32.0 Å². The van der Waals surface area contributed by atoms with Crippen molar-refractivity contribution in [3.05, 3.63) is 149 Å². The standard InChI is InChI=1S/C41H25F6N3/c1-23-12-15-29-27-8-4-6-10-33(27)49(35(29)18-23)37-21-26(48-3)22-38(39(37)31-17-14-25(40(42,43)44)20-32(31)41(45,46)47)50-34-11-7-5-9-28(34)30-16-13-24(2)19-36(30)50/h4-22H,1-2H3. The molecule has 0 atom stereocenters. The summed E-state index contributed by atoms with van der Waals surface area (Å²) >= 11 is 0. The van der Waals surface area contributed by atoms with Crippen molar-refractivity contribution in [1.82, 2.24) is 9.13 Å². The zero-order chi connectivity index (χ0) is 35.1. The molecular weight excluding hydrogens is 648 g/mol. The minimum absolute atomic E-state index is 0.0340. The van der Waals surface area contributed by atoms with Gasteiger partial charge in [-0.05, 0) is 79.1 Å². The third kappa shape index (κ3) is 4.82. The average Bonchev–Trinajstić information content (AvgIpc) is 3.58. The second-order valence-corrected chi connectivity index (χ2v) is 12.5. The first-order chi connectivity index (χ1) is 23.8. The number of rotatable bonds is 3. The lowest BCUT2D eigenvalue weighted by molar-refractivity contribution is -0.142. The minimum Gasteiger partial charge on any atom is -0.310 e. The van der Waals surface area contributed by atoms with E-state index >= 15 is 13.2 Å². The van der Waals surface area contributed by atoms with E-state index in [4.69, 9.17) is 6.57 Å². The molecule has 50 heavy (non-hydrogen) atoms. The number of para-hydroxylation sites is 2. The van der Waals surface area contributed by atoms with Gasteiger partial charge in [-0.25, -0.2) is 4.85 Å². The maximum absolute atomic E-state index is 15.1. The summed E-state index contributed by atoms with van der Waals surface area (Å²) in [5.41, 5.74) is 1.85. The zero-order valence-corrected chi connectivity index (χ0v) is 26.6. The van der Waals surface area contributed by atoms with Gasteiger partial charge in [0, 0.05) is 38.5 Å². The molecular formula is C41H25F6N3. The van der Waals surface area contributed by atoms with Crippen LogP contribution < -0.4 is 0 Å². The van der Waals surface area contributed by atoms with Crippen molar-refractivity contribution in [3.8, 4) is 22.5 Å². The van der Waals surface area contributed by atoms with Gasteiger partial charge in [-0.2, -0.15) is 26.3 Å². The molecule has 0 bridgehead atoms. The van der Waals surface area contributed by atoms with Crippen molar-refractivity contribution in [2.75, 3.05) is 0 Å². The first-order valence-corrected chi connectivity index (χ1v) is 15.7. The SMILES string of the molecule is [C-]#[N+]c1cc(-n2c3ccccc3c3ccc(C)cc32)c(-c2ccc(C(F)(F)F)cc2C(F)(F)F)c(-n2c3ccccc3c3ccc(C)cc32)c1. The quantitative estimate of drug-likeness (QED) is 0.131. The van der Waals surface area contributed by atoms with Crippen LogP contribution in [0.25, 0.3) is 71.0 Å². The van der Waals surface area contributed by atoms with Crippen LogP contribution in [-0.4, -0.2) is 9.13 Å². The number of benzene rings is 6. The fourth-order valence-electron chi connectivity index (χ4n) is 7.14. The summed E-state index contributed by atoms with van der Waals surface area (Å²) in [6, 6.07) is 31.3. The van der Waals surface area contributed by atoms with E-state index in [1.807, 2.05) is 108 Å². The van der Waals surface area contributed by atoms with Crippen LogP contribution in [0.15, 0.2) is 115 Å². The van der Waals surface area contributed by atoms with E-state index in [1.165, 1.54) is 12.1 Å². The summed E-state index contributed by atoms with van der Waals surface area (Å²) in [6.07, 6.45) is -10.2. The van der Waals surface area contributed by atoms with Crippen LogP contribution in [0.2, 0.25) is 0 Å². The minimum atomic E-state index is -5.15. The second kappa shape index (κ2) is 11.0. The van der Waals surface area contributed by atoms with Crippen molar-refractivity contribution in [2.45, 2.75) is 26.2 Å². The molecule has 0 amide bonds. The molecule has 0 fully saturated rings. The molecule has 0 N–H and O–H groups in total. The van der Waals surface area contributed by atoms with Gasteiger partial charge in [0.2, 0.25) is 0 Å². The summed E-state index contributed by atoms with van der Waals surface area (Å²) in [7, 11) is 0. The Morgan fingerprint density at radius 2 is 1.00 bits per heavy atom. The Morgan fingerprint density at radius 3 is 1.46 bits per heavy atom. The third-order valence-electron chi connectivity index (χ3n) is 9.27. The van der Waals surface area contributed by atoms with E-state index in [9.17, 15) is 13.2 Å². The summed E-state index contributed by atoms with van der Waals surface area (Å²) < 4.78 is 90.8. The van der Waals surface area contributed by atoms with Gasteiger partial charge >= 0.3 is 12.4 Å². The molecule has 2 heterocycles. The molecule has 0 aliphatic heterocycles. The Bertz CT molecular complexity index is 2580. The van der Waals surface area contributed by atoms with Crippen molar-refractivity contribution in [3.63, 3.8) is 0 Å². The van der Waals surface area contributed by atoms with Gasteiger partial charge in [0.1, 0.15) is 0 Å². The molecule has 0 spiro atoms. The van der Waals surface area contributed by atoms with Crippen LogP contribution in [-0.2, 0) is 12.4 Å². The van der Waals surface area contributed by atoms with Crippen LogP contribution in [0, 0.1) is 20.4 Å². The Kier molecular flexibility index (Phi) is 6.88. The van der Waals surface area contributed by atoms with Gasteiger partial charge in [0.15, 0.2) is 5.69 Å². The Balaban J connectivity index is 1.64. The number of halogens is 6. The summed E-state index contributed by atoms with van der Waals surface area (Å²) in [5.74, 6) is 0. The van der Waals surface area contributed by atoms with E-state index in [2.05, 4.69) is 4.85 Å². The molecule has 2 aromatic heterocycles. The van der Waals surface area contributed by atoms with Crippen molar-refractivity contribution >= 4 is 49.3 Å². The first-order valence-electron chi connectivity index (χ1n) is 15.7. The zero-order valence-electron chi connectivity index (χ0n) is 26.6. The lowest BCUT2D eigenvalue weighted by atomic mass is 9.93. The number of hydrogen-bond donors (Lipinski definition) is 0. The summed E-state index contributed by atoms with van der Waals surface area (Å²) in [5, 5.41) is 3.34. The molecule has 8 aromatic rings. The fourth-order valence-corrected chi connectivity index (χ4v) is 7.14. The van der Waals surface area contributed by atoms with Gasteiger partial charge in [-0.3, -0.25) is 0 Å². The molecule has 3 nitrogen and oxygen atoms in total. The highest BCUT2D eigenvalue weighted by molar-refractivity contribution is 6.12. The smallest absolute Gasteiger partial charge is 0.310 e. The van der Waals surface area contributed by atoms with E-state index in [-0.39, 0.29) is 28.7 Å². The molecule has 9 heteroatoms. The normalized spacial score (nSPS) is 12.4. The lowest BCUT2D eigenvalue weighted by Crippen LogP contribution is -2.13. The molecule has 0 saturated heterocycles. The highest BCUT2D eigenvalue weighted by Gasteiger charge is 2.39. The molecule has 6 aromatic carbocycles. The van der Waals surface area contributed by atoms with Crippen LogP contribution in [0.5, 0.6) is 0 Å². The summed E-state index contributed by atoms with van der Waals surface area (Å²) in [6.45, 7) is 11.9. The maximum atomic E-state index is 15.1. The number of nitrogens with zero attached hydrogens (tertiary/aromatic N) is 3. The van der Waals surface area contributed by atoms with Crippen LogP contribution >= 0.6 is 0 Å². The van der Waals surface area contributed by atoms with Crippen molar-refractivity contribution in [2.24, 2.45) is 0 Å². The first kappa shape index (κ1) is 31.3. The highest BCUT2D eigenvalue weighted by Crippen LogP contribution is 2.48. The summed E-state index contributed by atoms with van der Waals surface area (Å²) in [4.78, 5) is 3.77. The Morgan fingerprint density at radius 1 is 0.520 bits per heavy atom.